The van der Waals surface area contributed by atoms with Gasteiger partial charge in [-0.2, -0.15) is 0 Å². The summed E-state index contributed by atoms with van der Waals surface area (Å²) < 4.78 is 0. The van der Waals surface area contributed by atoms with E-state index in [1.54, 1.807) is 14.1 Å². The van der Waals surface area contributed by atoms with E-state index in [2.05, 4.69) is 101 Å². The van der Waals surface area contributed by atoms with Crippen LogP contribution in [0.2, 0.25) is 0 Å². The van der Waals surface area contributed by atoms with Crippen molar-refractivity contribution in [1.82, 2.24) is 0 Å². The van der Waals surface area contributed by atoms with Crippen molar-refractivity contribution >= 4 is 51.4 Å². The van der Waals surface area contributed by atoms with E-state index in [-0.39, 0.29) is 0 Å². The van der Waals surface area contributed by atoms with E-state index >= 15 is 0 Å². The average molecular weight is 509 g/mol. The fraction of sp³-hybridized carbons (Fsp3) is 0.0857. The molecule has 0 unspecified atom stereocenters. The van der Waals surface area contributed by atoms with Gasteiger partial charge >= 0.3 is 0 Å². The van der Waals surface area contributed by atoms with Gasteiger partial charge in [0.15, 0.2) is 5.84 Å². The van der Waals surface area contributed by atoms with Gasteiger partial charge < -0.3 is 10.6 Å². The van der Waals surface area contributed by atoms with Crippen LogP contribution in [-0.4, -0.2) is 25.6 Å². The molecule has 0 atom stereocenters. The van der Waals surface area contributed by atoms with Crippen LogP contribution in [0, 0.1) is 0 Å². The molecule has 0 saturated heterocycles. The van der Waals surface area contributed by atoms with Gasteiger partial charge in [-0.3, -0.25) is 9.98 Å². The Morgan fingerprint density at radius 3 is 2.10 bits per heavy atom. The second-order valence-corrected chi connectivity index (χ2v) is 9.41. The molecule has 0 spiro atoms. The summed E-state index contributed by atoms with van der Waals surface area (Å²) in [7, 11) is 3.54. The summed E-state index contributed by atoms with van der Waals surface area (Å²) in [6, 6.07) is 27.3. The molecule has 39 heavy (non-hydrogen) atoms. The van der Waals surface area contributed by atoms with E-state index in [9.17, 15) is 0 Å². The number of fused-ring (bicyclic) bond motifs is 2. The Labute approximate surface area is 230 Å². The van der Waals surface area contributed by atoms with Crippen molar-refractivity contribution in [3.05, 3.63) is 127 Å². The van der Waals surface area contributed by atoms with Crippen molar-refractivity contribution < 1.29 is 0 Å². The minimum atomic E-state index is 0.710. The predicted molar refractivity (Wildman–Crippen MR) is 172 cm³/mol. The summed E-state index contributed by atoms with van der Waals surface area (Å²) in [6.07, 6.45) is 8.14. The Kier molecular flexibility index (Phi) is 7.37. The molecule has 4 aromatic carbocycles. The zero-order valence-corrected chi connectivity index (χ0v) is 22.6. The van der Waals surface area contributed by atoms with Crippen LogP contribution >= 0.6 is 0 Å². The Morgan fingerprint density at radius 1 is 0.744 bits per heavy atom. The summed E-state index contributed by atoms with van der Waals surface area (Å²) in [5.41, 5.74) is 10.2. The molecule has 4 aromatic rings. The average Bonchev–Trinajstić information content (AvgIpc) is 3.04. The third kappa shape index (κ3) is 5.10. The van der Waals surface area contributed by atoms with Crippen LogP contribution in [0.15, 0.2) is 120 Å². The largest absolute Gasteiger partial charge is 0.354 e. The van der Waals surface area contributed by atoms with Crippen LogP contribution in [0.4, 0.5) is 11.4 Å². The molecule has 0 aromatic heterocycles. The SMILES string of the molecule is C=Cc1ccc(C(=C)C)c2c(-c3ccccc3)ccc(/C=C3\C=C/C(=NC)C(=NC)Nc4ccccc4N3)c12. The van der Waals surface area contributed by atoms with Gasteiger partial charge in [0.1, 0.15) is 0 Å². The number of para-hydroxylation sites is 2. The first-order valence-corrected chi connectivity index (χ1v) is 12.9. The van der Waals surface area contributed by atoms with Crippen molar-refractivity contribution in [2.75, 3.05) is 24.7 Å². The topological polar surface area (TPSA) is 48.8 Å². The molecule has 1 aliphatic rings. The fourth-order valence-corrected chi connectivity index (χ4v) is 4.99. The molecule has 0 radical (unpaired) electrons. The van der Waals surface area contributed by atoms with Crippen LogP contribution in [0.3, 0.4) is 0 Å². The van der Waals surface area contributed by atoms with E-state index in [1.165, 1.54) is 16.5 Å². The maximum absolute atomic E-state index is 4.47. The number of aliphatic imine (C=N–C) groups is 2. The molecule has 4 heteroatoms. The normalized spacial score (nSPS) is 17.1. The molecule has 1 heterocycles. The molecule has 5 rings (SSSR count). The highest BCUT2D eigenvalue weighted by Crippen LogP contribution is 2.39. The molecule has 4 nitrogen and oxygen atoms in total. The summed E-state index contributed by atoms with van der Waals surface area (Å²) in [4.78, 5) is 8.91. The first kappa shape index (κ1) is 25.7. The minimum absolute atomic E-state index is 0.710. The van der Waals surface area contributed by atoms with Gasteiger partial charge in [0, 0.05) is 19.8 Å². The molecule has 1 aliphatic heterocycles. The number of allylic oxidation sites excluding steroid dienone is 2. The quantitative estimate of drug-likeness (QED) is 0.290. The Bertz CT molecular complexity index is 1700. The van der Waals surface area contributed by atoms with Crippen LogP contribution in [0.1, 0.15) is 23.6 Å². The number of amidine groups is 1. The number of hydrogen-bond acceptors (Lipinski definition) is 3. The van der Waals surface area contributed by atoms with Crippen LogP contribution in [0.5, 0.6) is 0 Å². The highest BCUT2D eigenvalue weighted by Gasteiger charge is 2.16. The second-order valence-electron chi connectivity index (χ2n) is 9.41. The van der Waals surface area contributed by atoms with Gasteiger partial charge in [0.2, 0.25) is 0 Å². The molecule has 0 bridgehead atoms. The molecule has 2 N–H and O–H groups in total. The Hall–Kier alpha value is -4.96. The molecular weight excluding hydrogens is 476 g/mol. The summed E-state index contributed by atoms with van der Waals surface area (Å²) in [6.45, 7) is 10.5. The third-order valence-electron chi connectivity index (χ3n) is 6.89. The van der Waals surface area contributed by atoms with Crippen LogP contribution in [-0.2, 0) is 0 Å². The standard InChI is InChI=1S/C35H32N4/c1-6-24-16-19-28(23(2)3)34-29(25-12-8-7-9-13-25)20-17-26(33(24)34)22-27-18-21-32(36-4)35(37-5)39-31-15-11-10-14-30(31)38-27/h6-22,38H,1-2H2,3-5H3,(H,37,39)/b21-18-,27-22+,36-32?. The lowest BCUT2D eigenvalue weighted by Crippen LogP contribution is -2.21. The monoisotopic (exact) mass is 508 g/mol. The molecule has 192 valence electrons. The van der Waals surface area contributed by atoms with Gasteiger partial charge in [-0.1, -0.05) is 91.5 Å². The number of benzene rings is 4. The number of anilines is 2. The zero-order valence-electron chi connectivity index (χ0n) is 22.6. The molecular formula is C35H32N4. The fourth-order valence-electron chi connectivity index (χ4n) is 4.99. The molecule has 0 amide bonds. The number of rotatable bonds is 4. The Balaban J connectivity index is 1.79. The van der Waals surface area contributed by atoms with Crippen LogP contribution in [0.25, 0.3) is 39.6 Å². The molecule has 0 aliphatic carbocycles. The second kappa shape index (κ2) is 11.2. The van der Waals surface area contributed by atoms with E-state index in [4.69, 9.17) is 0 Å². The highest BCUT2D eigenvalue weighted by molar-refractivity contribution is 6.49. The van der Waals surface area contributed by atoms with Gasteiger partial charge in [0.25, 0.3) is 0 Å². The third-order valence-corrected chi connectivity index (χ3v) is 6.89. The molecule has 0 fully saturated rings. The lowest BCUT2D eigenvalue weighted by molar-refractivity contribution is 1.41. The van der Waals surface area contributed by atoms with Crippen molar-refractivity contribution in [1.29, 1.82) is 0 Å². The maximum Gasteiger partial charge on any atom is 0.151 e. The lowest BCUT2D eigenvalue weighted by atomic mass is 9.87. The van der Waals surface area contributed by atoms with Gasteiger partial charge in [-0.05, 0) is 75.9 Å². The Morgan fingerprint density at radius 2 is 1.44 bits per heavy atom. The maximum atomic E-state index is 4.47. The van der Waals surface area contributed by atoms with Crippen molar-refractivity contribution in [2.45, 2.75) is 6.92 Å². The van der Waals surface area contributed by atoms with Gasteiger partial charge in [0.05, 0.1) is 17.1 Å². The zero-order chi connectivity index (χ0) is 27.4. The number of nitrogens with one attached hydrogen (secondary N) is 2. The van der Waals surface area contributed by atoms with E-state index in [1.807, 2.05) is 42.5 Å². The van der Waals surface area contributed by atoms with E-state index in [0.717, 1.165) is 50.4 Å². The molecule has 0 saturated carbocycles. The van der Waals surface area contributed by atoms with Crippen molar-refractivity contribution in [3.8, 4) is 11.1 Å². The lowest BCUT2D eigenvalue weighted by Gasteiger charge is -2.18. The van der Waals surface area contributed by atoms with Crippen LogP contribution < -0.4 is 10.6 Å². The summed E-state index contributed by atoms with van der Waals surface area (Å²) in [5.74, 6) is 0.710. The summed E-state index contributed by atoms with van der Waals surface area (Å²) in [5, 5.41) is 9.36. The first-order chi connectivity index (χ1) is 19.0. The minimum Gasteiger partial charge on any atom is -0.354 e. The summed E-state index contributed by atoms with van der Waals surface area (Å²) >= 11 is 0. The number of hydrogen-bond donors (Lipinski definition) is 2. The first-order valence-electron chi connectivity index (χ1n) is 12.9. The van der Waals surface area contributed by atoms with E-state index < -0.39 is 0 Å². The van der Waals surface area contributed by atoms with Crippen molar-refractivity contribution in [2.24, 2.45) is 9.98 Å². The smallest absolute Gasteiger partial charge is 0.151 e. The predicted octanol–water partition coefficient (Wildman–Crippen LogP) is 8.72. The van der Waals surface area contributed by atoms with E-state index in [0.29, 0.717) is 5.84 Å². The number of nitrogens with zero attached hydrogens (tertiary/aromatic N) is 2. The highest BCUT2D eigenvalue weighted by atomic mass is 15.0. The van der Waals surface area contributed by atoms with Gasteiger partial charge in [-0.15, -0.1) is 0 Å². The van der Waals surface area contributed by atoms with Crippen molar-refractivity contribution in [3.63, 3.8) is 0 Å². The van der Waals surface area contributed by atoms with Gasteiger partial charge in [-0.25, -0.2) is 0 Å².